The monoisotopic (exact) mass is 347 g/mol. The minimum atomic E-state index is -0.178. The first-order valence-electron chi connectivity index (χ1n) is 9.42. The number of tetrazole rings is 1. The van der Waals surface area contributed by atoms with Crippen molar-refractivity contribution in [3.63, 3.8) is 0 Å². The molecule has 4 rings (SSSR count). The van der Waals surface area contributed by atoms with Gasteiger partial charge in [0.25, 0.3) is 0 Å². The van der Waals surface area contributed by atoms with E-state index in [2.05, 4.69) is 82.4 Å². The van der Waals surface area contributed by atoms with Gasteiger partial charge in [0.15, 0.2) is 5.82 Å². The molecule has 134 valence electrons. The minimum absolute atomic E-state index is 0.178. The second-order valence-electron chi connectivity index (χ2n) is 7.23. The highest BCUT2D eigenvalue weighted by Crippen LogP contribution is 2.37. The molecule has 2 aromatic carbocycles. The standard InChI is InChI=1S/C21H25N5/c1-17-10-12-19(13-11-17)26-20(23-24-25-26)21(14-6-3-7-15-21)22-16-18-8-4-2-5-9-18/h2,4-5,8-13,22H,3,6-7,14-16H2,1H3. The lowest BCUT2D eigenvalue weighted by Crippen LogP contribution is -2.45. The number of aromatic nitrogens is 4. The second kappa shape index (κ2) is 7.38. The molecular formula is C21H25N5. The van der Waals surface area contributed by atoms with Crippen molar-refractivity contribution in [2.45, 2.75) is 51.1 Å². The Bertz CT molecular complexity index is 832. The van der Waals surface area contributed by atoms with Gasteiger partial charge in [-0.3, -0.25) is 0 Å². The van der Waals surface area contributed by atoms with E-state index in [-0.39, 0.29) is 5.54 Å². The molecule has 0 aliphatic heterocycles. The van der Waals surface area contributed by atoms with Crippen molar-refractivity contribution in [2.75, 3.05) is 0 Å². The maximum absolute atomic E-state index is 4.46. The summed E-state index contributed by atoms with van der Waals surface area (Å²) in [6, 6.07) is 18.9. The quantitative estimate of drug-likeness (QED) is 0.760. The van der Waals surface area contributed by atoms with Gasteiger partial charge in [0.05, 0.1) is 11.2 Å². The molecule has 1 aliphatic carbocycles. The first-order valence-corrected chi connectivity index (χ1v) is 9.42. The highest BCUT2D eigenvalue weighted by molar-refractivity contribution is 5.35. The van der Waals surface area contributed by atoms with Gasteiger partial charge in [-0.1, -0.05) is 67.3 Å². The summed E-state index contributed by atoms with van der Waals surface area (Å²) in [5.41, 5.74) is 3.36. The highest BCUT2D eigenvalue weighted by Gasteiger charge is 2.38. The average molecular weight is 347 g/mol. The Morgan fingerprint density at radius 1 is 0.962 bits per heavy atom. The fourth-order valence-electron chi connectivity index (χ4n) is 3.85. The van der Waals surface area contributed by atoms with Crippen LogP contribution in [0.25, 0.3) is 5.69 Å². The largest absolute Gasteiger partial charge is 0.301 e. The molecule has 0 spiro atoms. The normalized spacial score (nSPS) is 16.5. The van der Waals surface area contributed by atoms with Crippen LogP contribution >= 0.6 is 0 Å². The number of hydrogen-bond donors (Lipinski definition) is 1. The average Bonchev–Trinajstić information content (AvgIpc) is 3.19. The van der Waals surface area contributed by atoms with Gasteiger partial charge >= 0.3 is 0 Å². The predicted octanol–water partition coefficient (Wildman–Crippen LogP) is 3.92. The van der Waals surface area contributed by atoms with Gasteiger partial charge < -0.3 is 5.32 Å². The van der Waals surface area contributed by atoms with E-state index in [0.717, 1.165) is 30.9 Å². The van der Waals surface area contributed by atoms with E-state index in [4.69, 9.17) is 0 Å². The number of hydrogen-bond acceptors (Lipinski definition) is 4. The molecular weight excluding hydrogens is 322 g/mol. The molecule has 1 heterocycles. The zero-order chi connectivity index (χ0) is 17.8. The maximum Gasteiger partial charge on any atom is 0.176 e. The maximum atomic E-state index is 4.46. The molecule has 0 bridgehead atoms. The topological polar surface area (TPSA) is 55.6 Å². The summed E-state index contributed by atoms with van der Waals surface area (Å²) >= 11 is 0. The molecule has 0 unspecified atom stereocenters. The Balaban J connectivity index is 1.67. The van der Waals surface area contributed by atoms with Crippen molar-refractivity contribution < 1.29 is 0 Å². The molecule has 0 saturated heterocycles. The van der Waals surface area contributed by atoms with Gasteiger partial charge in [-0.05, 0) is 47.9 Å². The van der Waals surface area contributed by atoms with Gasteiger partial charge in [-0.2, -0.15) is 4.68 Å². The van der Waals surface area contributed by atoms with E-state index >= 15 is 0 Å². The van der Waals surface area contributed by atoms with Crippen molar-refractivity contribution in [1.29, 1.82) is 0 Å². The summed E-state index contributed by atoms with van der Waals surface area (Å²) in [6.45, 7) is 2.91. The summed E-state index contributed by atoms with van der Waals surface area (Å²) in [5, 5.41) is 16.6. The van der Waals surface area contributed by atoms with Crippen LogP contribution in [-0.2, 0) is 12.1 Å². The summed E-state index contributed by atoms with van der Waals surface area (Å²) in [5.74, 6) is 0.928. The van der Waals surface area contributed by atoms with Crippen LogP contribution in [-0.4, -0.2) is 20.2 Å². The van der Waals surface area contributed by atoms with Crippen molar-refractivity contribution in [3.8, 4) is 5.69 Å². The second-order valence-corrected chi connectivity index (χ2v) is 7.23. The van der Waals surface area contributed by atoms with E-state index in [9.17, 15) is 0 Å². The van der Waals surface area contributed by atoms with Crippen molar-refractivity contribution >= 4 is 0 Å². The molecule has 1 fully saturated rings. The van der Waals surface area contributed by atoms with Crippen LogP contribution in [0.15, 0.2) is 54.6 Å². The van der Waals surface area contributed by atoms with E-state index in [0.29, 0.717) is 0 Å². The molecule has 3 aromatic rings. The van der Waals surface area contributed by atoms with Crippen molar-refractivity contribution in [2.24, 2.45) is 0 Å². The number of aryl methyl sites for hydroxylation is 1. The number of nitrogens with one attached hydrogen (secondary N) is 1. The van der Waals surface area contributed by atoms with E-state index in [1.54, 1.807) is 0 Å². The first kappa shape index (κ1) is 16.9. The molecule has 1 aromatic heterocycles. The summed E-state index contributed by atoms with van der Waals surface area (Å²) in [6.07, 6.45) is 5.80. The number of rotatable bonds is 5. The van der Waals surface area contributed by atoms with E-state index in [1.807, 2.05) is 4.68 Å². The number of benzene rings is 2. The highest BCUT2D eigenvalue weighted by atomic mass is 15.6. The van der Waals surface area contributed by atoms with Crippen LogP contribution in [0.3, 0.4) is 0 Å². The molecule has 5 nitrogen and oxygen atoms in total. The third kappa shape index (κ3) is 3.40. The van der Waals surface area contributed by atoms with E-state index < -0.39 is 0 Å². The van der Waals surface area contributed by atoms with Gasteiger partial charge in [-0.15, -0.1) is 5.10 Å². The van der Waals surface area contributed by atoms with Crippen LogP contribution in [0.1, 0.15) is 49.1 Å². The van der Waals surface area contributed by atoms with E-state index in [1.165, 1.54) is 30.4 Å². The SMILES string of the molecule is Cc1ccc(-n2nnnc2C2(NCc3ccccc3)CCCCC2)cc1. The Kier molecular flexibility index (Phi) is 4.80. The van der Waals surface area contributed by atoms with Crippen molar-refractivity contribution in [3.05, 3.63) is 71.5 Å². The molecule has 1 saturated carbocycles. The molecule has 0 radical (unpaired) electrons. The third-order valence-corrected chi connectivity index (χ3v) is 5.36. The Morgan fingerprint density at radius 3 is 2.42 bits per heavy atom. The van der Waals surface area contributed by atoms with Gasteiger partial charge in [0, 0.05) is 6.54 Å². The van der Waals surface area contributed by atoms with Crippen LogP contribution in [0, 0.1) is 6.92 Å². The zero-order valence-electron chi connectivity index (χ0n) is 15.2. The summed E-state index contributed by atoms with van der Waals surface area (Å²) in [4.78, 5) is 0. The van der Waals surface area contributed by atoms with Crippen LogP contribution in [0.2, 0.25) is 0 Å². The first-order chi connectivity index (χ1) is 12.8. The van der Waals surface area contributed by atoms with Gasteiger partial charge in [0.1, 0.15) is 0 Å². The molecule has 0 atom stereocenters. The molecule has 5 heteroatoms. The van der Waals surface area contributed by atoms with Crippen LogP contribution in [0.4, 0.5) is 0 Å². The zero-order valence-corrected chi connectivity index (χ0v) is 15.2. The smallest absolute Gasteiger partial charge is 0.176 e. The summed E-state index contributed by atoms with van der Waals surface area (Å²) < 4.78 is 1.91. The Hall–Kier alpha value is -2.53. The molecule has 0 amide bonds. The lowest BCUT2D eigenvalue weighted by atomic mass is 9.80. The van der Waals surface area contributed by atoms with Gasteiger partial charge in [0.2, 0.25) is 0 Å². The van der Waals surface area contributed by atoms with Crippen LogP contribution in [0.5, 0.6) is 0 Å². The third-order valence-electron chi connectivity index (χ3n) is 5.36. The minimum Gasteiger partial charge on any atom is -0.301 e. The van der Waals surface area contributed by atoms with Gasteiger partial charge in [-0.25, -0.2) is 0 Å². The van der Waals surface area contributed by atoms with Crippen LogP contribution < -0.4 is 5.32 Å². The fraction of sp³-hybridized carbons (Fsp3) is 0.381. The molecule has 1 N–H and O–H groups in total. The number of nitrogens with zero attached hydrogens (tertiary/aromatic N) is 4. The Labute approximate surface area is 154 Å². The predicted molar refractivity (Wildman–Crippen MR) is 102 cm³/mol. The Morgan fingerprint density at radius 2 is 1.69 bits per heavy atom. The molecule has 1 aliphatic rings. The lowest BCUT2D eigenvalue weighted by Gasteiger charge is -2.37. The summed E-state index contributed by atoms with van der Waals surface area (Å²) in [7, 11) is 0. The lowest BCUT2D eigenvalue weighted by molar-refractivity contribution is 0.214. The van der Waals surface area contributed by atoms with Crippen molar-refractivity contribution in [1.82, 2.24) is 25.5 Å². The fourth-order valence-corrected chi connectivity index (χ4v) is 3.85. The molecule has 26 heavy (non-hydrogen) atoms.